The van der Waals surface area contributed by atoms with E-state index in [2.05, 4.69) is 21.3 Å². The van der Waals surface area contributed by atoms with Gasteiger partial charge in [0, 0.05) is 20.8 Å². The van der Waals surface area contributed by atoms with Gasteiger partial charge in [0.15, 0.2) is 5.79 Å². The van der Waals surface area contributed by atoms with Crippen LogP contribution in [0.25, 0.3) is 0 Å². The van der Waals surface area contributed by atoms with E-state index in [0.717, 1.165) is 10.0 Å². The largest absolute Gasteiger partial charge is 0.344 e. The van der Waals surface area contributed by atoms with Crippen molar-refractivity contribution in [3.63, 3.8) is 0 Å². The zero-order valence-corrected chi connectivity index (χ0v) is 9.07. The van der Waals surface area contributed by atoms with Crippen LogP contribution in [0.3, 0.4) is 0 Å². The van der Waals surface area contributed by atoms with Crippen molar-refractivity contribution in [1.82, 2.24) is 0 Å². The molecule has 1 aromatic heterocycles. The van der Waals surface area contributed by atoms with Crippen molar-refractivity contribution in [3.05, 3.63) is 20.8 Å². The molecule has 4 heteroatoms. The lowest BCUT2D eigenvalue weighted by Crippen LogP contribution is -2.21. The Hall–Kier alpha value is 0.1000. The van der Waals surface area contributed by atoms with Gasteiger partial charge in [0.2, 0.25) is 0 Å². The van der Waals surface area contributed by atoms with Crippen molar-refractivity contribution in [2.75, 3.05) is 13.2 Å². The maximum atomic E-state index is 5.52. The summed E-state index contributed by atoms with van der Waals surface area (Å²) in [6, 6.07) is 0. The summed E-state index contributed by atoms with van der Waals surface area (Å²) < 4.78 is 12.1. The molecule has 0 unspecified atom stereocenters. The average Bonchev–Trinajstić information content (AvgIpc) is 2.59. The highest BCUT2D eigenvalue weighted by Crippen LogP contribution is 2.37. The molecular formula is C8H9BrO2S. The van der Waals surface area contributed by atoms with Gasteiger partial charge in [0.25, 0.3) is 0 Å². The fraction of sp³-hybridized carbons (Fsp3) is 0.500. The third-order valence-corrected chi connectivity index (χ3v) is 3.64. The van der Waals surface area contributed by atoms with E-state index in [4.69, 9.17) is 9.47 Å². The van der Waals surface area contributed by atoms with E-state index < -0.39 is 5.79 Å². The smallest absolute Gasteiger partial charge is 0.194 e. The molecule has 0 aromatic carbocycles. The van der Waals surface area contributed by atoms with Gasteiger partial charge in [-0.3, -0.25) is 0 Å². The number of thiophene rings is 1. The van der Waals surface area contributed by atoms with Crippen molar-refractivity contribution in [2.45, 2.75) is 12.7 Å². The van der Waals surface area contributed by atoms with Gasteiger partial charge in [-0.1, -0.05) is 0 Å². The van der Waals surface area contributed by atoms with Crippen molar-refractivity contribution in [1.29, 1.82) is 0 Å². The van der Waals surface area contributed by atoms with Crippen molar-refractivity contribution in [2.24, 2.45) is 0 Å². The van der Waals surface area contributed by atoms with Crippen LogP contribution in [0.5, 0.6) is 0 Å². The summed E-state index contributed by atoms with van der Waals surface area (Å²) in [6.07, 6.45) is 0. The normalized spacial score (nSPS) is 21.5. The Bertz CT molecular complexity index is 278. The highest BCUT2D eigenvalue weighted by atomic mass is 79.9. The molecule has 2 nitrogen and oxygen atoms in total. The zero-order chi connectivity index (χ0) is 8.60. The van der Waals surface area contributed by atoms with Gasteiger partial charge in [-0.15, -0.1) is 0 Å². The van der Waals surface area contributed by atoms with Gasteiger partial charge in [0.1, 0.15) is 0 Å². The third-order valence-electron chi connectivity index (χ3n) is 1.94. The Morgan fingerprint density at radius 2 is 2.08 bits per heavy atom. The fourth-order valence-electron chi connectivity index (χ4n) is 1.28. The van der Waals surface area contributed by atoms with Gasteiger partial charge in [0.05, 0.1) is 13.2 Å². The molecule has 1 saturated heterocycles. The molecule has 1 aromatic rings. The lowest BCUT2D eigenvalue weighted by atomic mass is 10.2. The minimum atomic E-state index is -0.529. The minimum absolute atomic E-state index is 0.529. The quantitative estimate of drug-likeness (QED) is 0.761. The van der Waals surface area contributed by atoms with Gasteiger partial charge in [-0.25, -0.2) is 0 Å². The first-order valence-corrected chi connectivity index (χ1v) is 5.46. The maximum absolute atomic E-state index is 5.52. The highest BCUT2D eigenvalue weighted by molar-refractivity contribution is 9.10. The molecule has 1 fully saturated rings. The summed E-state index contributed by atoms with van der Waals surface area (Å²) in [7, 11) is 0. The van der Waals surface area contributed by atoms with Crippen LogP contribution >= 0.6 is 27.3 Å². The summed E-state index contributed by atoms with van der Waals surface area (Å²) >= 11 is 5.11. The summed E-state index contributed by atoms with van der Waals surface area (Å²) in [6.45, 7) is 3.31. The first-order valence-electron chi connectivity index (χ1n) is 3.72. The standard InChI is InChI=1S/C8H9BrO2S/c1-8(10-2-3-11-8)6-4-12-5-7(6)9/h4-5H,2-3H2,1H3. The number of rotatable bonds is 1. The predicted molar refractivity (Wildman–Crippen MR) is 51.3 cm³/mol. The molecule has 0 atom stereocenters. The monoisotopic (exact) mass is 248 g/mol. The van der Waals surface area contributed by atoms with E-state index in [1.165, 1.54) is 0 Å². The number of halogens is 1. The van der Waals surface area contributed by atoms with Crippen molar-refractivity contribution < 1.29 is 9.47 Å². The van der Waals surface area contributed by atoms with Gasteiger partial charge >= 0.3 is 0 Å². The average molecular weight is 249 g/mol. The molecule has 12 heavy (non-hydrogen) atoms. The molecule has 0 N–H and O–H groups in total. The van der Waals surface area contributed by atoms with E-state index in [9.17, 15) is 0 Å². The van der Waals surface area contributed by atoms with Gasteiger partial charge in [-0.05, 0) is 22.9 Å². The van der Waals surface area contributed by atoms with Gasteiger partial charge < -0.3 is 9.47 Å². The van der Waals surface area contributed by atoms with Crippen LogP contribution in [0.4, 0.5) is 0 Å². The minimum Gasteiger partial charge on any atom is -0.344 e. The lowest BCUT2D eigenvalue weighted by Gasteiger charge is -2.21. The second kappa shape index (κ2) is 3.10. The fourth-order valence-corrected chi connectivity index (χ4v) is 3.02. The lowest BCUT2D eigenvalue weighted by molar-refractivity contribution is -0.149. The van der Waals surface area contributed by atoms with Crippen LogP contribution in [0, 0.1) is 0 Å². The molecule has 0 bridgehead atoms. The van der Waals surface area contributed by atoms with Gasteiger partial charge in [-0.2, -0.15) is 11.3 Å². The Balaban J connectivity index is 2.34. The molecule has 1 aliphatic heterocycles. The number of hydrogen-bond acceptors (Lipinski definition) is 3. The van der Waals surface area contributed by atoms with Crippen LogP contribution in [-0.4, -0.2) is 13.2 Å². The molecule has 0 spiro atoms. The molecule has 0 saturated carbocycles. The van der Waals surface area contributed by atoms with E-state index in [0.29, 0.717) is 13.2 Å². The summed E-state index contributed by atoms with van der Waals surface area (Å²) in [5.74, 6) is -0.529. The summed E-state index contributed by atoms with van der Waals surface area (Å²) in [5, 5.41) is 4.08. The summed E-state index contributed by atoms with van der Waals surface area (Å²) in [5.41, 5.74) is 1.09. The zero-order valence-electron chi connectivity index (χ0n) is 6.67. The molecule has 0 radical (unpaired) electrons. The Kier molecular flexibility index (Phi) is 2.25. The van der Waals surface area contributed by atoms with Crippen LogP contribution in [0.2, 0.25) is 0 Å². The summed E-state index contributed by atoms with van der Waals surface area (Å²) in [4.78, 5) is 0. The van der Waals surface area contributed by atoms with Crippen LogP contribution < -0.4 is 0 Å². The topological polar surface area (TPSA) is 18.5 Å². The molecule has 66 valence electrons. The van der Waals surface area contributed by atoms with E-state index in [1.54, 1.807) is 11.3 Å². The number of hydrogen-bond donors (Lipinski definition) is 0. The molecule has 2 heterocycles. The molecule has 0 aliphatic carbocycles. The molecule has 2 rings (SSSR count). The van der Waals surface area contributed by atoms with Crippen LogP contribution in [-0.2, 0) is 15.3 Å². The SMILES string of the molecule is CC1(c2cscc2Br)OCCO1. The van der Waals surface area contributed by atoms with E-state index in [-0.39, 0.29) is 0 Å². The first kappa shape index (κ1) is 8.69. The number of ether oxygens (including phenoxy) is 2. The second-order valence-electron chi connectivity index (χ2n) is 2.78. The van der Waals surface area contributed by atoms with E-state index >= 15 is 0 Å². The predicted octanol–water partition coefficient (Wildman–Crippen LogP) is 2.73. The Morgan fingerprint density at radius 3 is 2.58 bits per heavy atom. The van der Waals surface area contributed by atoms with Crippen molar-refractivity contribution >= 4 is 27.3 Å². The second-order valence-corrected chi connectivity index (χ2v) is 4.37. The molecule has 0 amide bonds. The maximum Gasteiger partial charge on any atom is 0.194 e. The molecule has 1 aliphatic rings. The van der Waals surface area contributed by atoms with Crippen molar-refractivity contribution in [3.8, 4) is 0 Å². The van der Waals surface area contributed by atoms with Crippen LogP contribution in [0.1, 0.15) is 12.5 Å². The highest BCUT2D eigenvalue weighted by Gasteiger charge is 2.35. The Morgan fingerprint density at radius 1 is 1.42 bits per heavy atom. The third kappa shape index (κ3) is 1.33. The first-order chi connectivity index (χ1) is 5.72. The van der Waals surface area contributed by atoms with E-state index in [1.807, 2.05) is 12.3 Å². The molecular weight excluding hydrogens is 240 g/mol. The van der Waals surface area contributed by atoms with Crippen LogP contribution in [0.15, 0.2) is 15.2 Å². The Labute approximate surface area is 83.6 Å².